The van der Waals surface area contributed by atoms with E-state index < -0.39 is 5.97 Å². The molecule has 1 aromatic rings. The standard InChI is InChI=1S/C19H30O3/c1-3-15(2)11-8-6-4-5-7-9-12-16-13-10-14-17(20)18(16)19(21)22/h10,13-15,20H,3-9,11-12H2,1-2H3,(H,21,22). The van der Waals surface area contributed by atoms with Crippen molar-refractivity contribution >= 4 is 5.97 Å². The fraction of sp³-hybridized carbons (Fsp3) is 0.632. The molecule has 0 saturated heterocycles. The van der Waals surface area contributed by atoms with Crippen molar-refractivity contribution in [2.75, 3.05) is 0 Å². The van der Waals surface area contributed by atoms with Crippen molar-refractivity contribution in [2.24, 2.45) is 5.92 Å². The highest BCUT2D eigenvalue weighted by molar-refractivity contribution is 5.92. The zero-order chi connectivity index (χ0) is 16.4. The van der Waals surface area contributed by atoms with E-state index >= 15 is 0 Å². The Bertz CT molecular complexity index is 454. The van der Waals surface area contributed by atoms with Crippen molar-refractivity contribution in [3.8, 4) is 5.75 Å². The second-order valence-corrected chi connectivity index (χ2v) is 6.29. The van der Waals surface area contributed by atoms with Gasteiger partial charge in [0.15, 0.2) is 0 Å². The largest absolute Gasteiger partial charge is 0.507 e. The maximum Gasteiger partial charge on any atom is 0.339 e. The number of benzene rings is 1. The molecular weight excluding hydrogens is 276 g/mol. The van der Waals surface area contributed by atoms with E-state index in [4.69, 9.17) is 5.11 Å². The molecule has 0 aliphatic heterocycles. The summed E-state index contributed by atoms with van der Waals surface area (Å²) in [4.78, 5) is 11.2. The molecule has 3 nitrogen and oxygen atoms in total. The summed E-state index contributed by atoms with van der Waals surface area (Å²) >= 11 is 0. The van der Waals surface area contributed by atoms with Gasteiger partial charge in [-0.2, -0.15) is 0 Å². The lowest BCUT2D eigenvalue weighted by Gasteiger charge is -2.08. The van der Waals surface area contributed by atoms with Crippen molar-refractivity contribution in [1.29, 1.82) is 0 Å². The van der Waals surface area contributed by atoms with Crippen LogP contribution in [0.3, 0.4) is 0 Å². The number of unbranched alkanes of at least 4 members (excludes halogenated alkanes) is 5. The van der Waals surface area contributed by atoms with Crippen LogP contribution in [-0.2, 0) is 6.42 Å². The summed E-state index contributed by atoms with van der Waals surface area (Å²) in [7, 11) is 0. The van der Waals surface area contributed by atoms with Gasteiger partial charge in [-0.3, -0.25) is 0 Å². The Morgan fingerprint density at radius 1 is 1.09 bits per heavy atom. The van der Waals surface area contributed by atoms with Crippen LogP contribution in [0, 0.1) is 5.92 Å². The van der Waals surface area contributed by atoms with Crippen LogP contribution in [0.5, 0.6) is 5.75 Å². The van der Waals surface area contributed by atoms with Crippen molar-refractivity contribution in [2.45, 2.75) is 71.6 Å². The van der Waals surface area contributed by atoms with Gasteiger partial charge in [-0.15, -0.1) is 0 Å². The number of rotatable bonds is 11. The molecule has 0 aromatic heterocycles. The number of aryl methyl sites for hydroxylation is 1. The molecule has 0 fully saturated rings. The summed E-state index contributed by atoms with van der Waals surface area (Å²) in [5.41, 5.74) is 0.806. The zero-order valence-electron chi connectivity index (χ0n) is 14.0. The summed E-state index contributed by atoms with van der Waals surface area (Å²) < 4.78 is 0. The van der Waals surface area contributed by atoms with Crippen LogP contribution in [0.4, 0.5) is 0 Å². The lowest BCUT2D eigenvalue weighted by atomic mass is 9.98. The number of aromatic hydroxyl groups is 1. The van der Waals surface area contributed by atoms with Gasteiger partial charge in [0, 0.05) is 0 Å². The van der Waals surface area contributed by atoms with E-state index in [0.29, 0.717) is 0 Å². The average Bonchev–Trinajstić information content (AvgIpc) is 2.49. The van der Waals surface area contributed by atoms with Crippen molar-refractivity contribution in [3.63, 3.8) is 0 Å². The number of carbonyl (C=O) groups is 1. The molecule has 1 atom stereocenters. The maximum absolute atomic E-state index is 11.2. The van der Waals surface area contributed by atoms with Crippen molar-refractivity contribution < 1.29 is 15.0 Å². The molecule has 2 N–H and O–H groups in total. The minimum atomic E-state index is -1.04. The molecule has 124 valence electrons. The predicted octanol–water partition coefficient (Wildman–Crippen LogP) is 5.41. The highest BCUT2D eigenvalue weighted by Gasteiger charge is 2.14. The third-order valence-electron chi connectivity index (χ3n) is 4.43. The van der Waals surface area contributed by atoms with Gasteiger partial charge < -0.3 is 10.2 Å². The molecular formula is C19H30O3. The number of carboxylic acid groups (broad SMARTS) is 1. The van der Waals surface area contributed by atoms with E-state index in [2.05, 4.69) is 13.8 Å². The summed E-state index contributed by atoms with van der Waals surface area (Å²) in [5, 5.41) is 18.8. The number of aromatic carboxylic acids is 1. The average molecular weight is 306 g/mol. The molecule has 0 heterocycles. The minimum absolute atomic E-state index is 0.0658. The molecule has 3 heteroatoms. The van der Waals surface area contributed by atoms with Crippen LogP contribution in [0.1, 0.15) is 81.1 Å². The Labute approximate surface area is 134 Å². The highest BCUT2D eigenvalue weighted by atomic mass is 16.4. The molecule has 0 spiro atoms. The number of hydrogen-bond donors (Lipinski definition) is 2. The Morgan fingerprint density at radius 3 is 2.36 bits per heavy atom. The minimum Gasteiger partial charge on any atom is -0.507 e. The van der Waals surface area contributed by atoms with Crippen LogP contribution in [0.15, 0.2) is 18.2 Å². The van der Waals surface area contributed by atoms with E-state index in [1.54, 1.807) is 12.1 Å². The molecule has 0 amide bonds. The third kappa shape index (κ3) is 6.50. The SMILES string of the molecule is CCC(C)CCCCCCCCc1cccc(O)c1C(=O)O. The summed E-state index contributed by atoms with van der Waals surface area (Å²) in [6, 6.07) is 4.95. The van der Waals surface area contributed by atoms with Gasteiger partial charge in [-0.1, -0.05) is 70.9 Å². The van der Waals surface area contributed by atoms with Crippen LogP contribution in [0.25, 0.3) is 0 Å². The quantitative estimate of drug-likeness (QED) is 0.537. The lowest BCUT2D eigenvalue weighted by molar-refractivity contribution is 0.0692. The Morgan fingerprint density at radius 2 is 1.73 bits per heavy atom. The van der Waals surface area contributed by atoms with Gasteiger partial charge in [-0.05, 0) is 30.4 Å². The van der Waals surface area contributed by atoms with Crippen molar-refractivity contribution in [1.82, 2.24) is 0 Å². The molecule has 22 heavy (non-hydrogen) atoms. The Kier molecular flexibility index (Phi) is 8.64. The van der Waals surface area contributed by atoms with E-state index in [-0.39, 0.29) is 11.3 Å². The number of phenols is 1. The predicted molar refractivity (Wildman–Crippen MR) is 90.5 cm³/mol. The van der Waals surface area contributed by atoms with Crippen LogP contribution >= 0.6 is 0 Å². The molecule has 0 aliphatic rings. The molecule has 1 unspecified atom stereocenters. The van der Waals surface area contributed by atoms with Crippen LogP contribution in [0.2, 0.25) is 0 Å². The lowest BCUT2D eigenvalue weighted by Crippen LogP contribution is -2.03. The Balaban J connectivity index is 2.20. The monoisotopic (exact) mass is 306 g/mol. The van der Waals surface area contributed by atoms with Gasteiger partial charge in [0.25, 0.3) is 0 Å². The highest BCUT2D eigenvalue weighted by Crippen LogP contribution is 2.23. The summed E-state index contributed by atoms with van der Waals surface area (Å²) in [6.45, 7) is 4.56. The molecule has 0 radical (unpaired) electrons. The van der Waals surface area contributed by atoms with E-state index in [9.17, 15) is 9.90 Å². The second kappa shape index (κ2) is 10.3. The first-order valence-corrected chi connectivity index (χ1v) is 8.60. The van der Waals surface area contributed by atoms with Gasteiger partial charge in [0.05, 0.1) is 0 Å². The van der Waals surface area contributed by atoms with Crippen LogP contribution in [-0.4, -0.2) is 16.2 Å². The van der Waals surface area contributed by atoms with Gasteiger partial charge in [0.2, 0.25) is 0 Å². The number of hydrogen-bond acceptors (Lipinski definition) is 2. The zero-order valence-corrected chi connectivity index (χ0v) is 14.0. The molecule has 1 rings (SSSR count). The van der Waals surface area contributed by atoms with Gasteiger partial charge in [0.1, 0.15) is 11.3 Å². The maximum atomic E-state index is 11.2. The van der Waals surface area contributed by atoms with E-state index in [1.807, 2.05) is 0 Å². The van der Waals surface area contributed by atoms with Gasteiger partial charge in [-0.25, -0.2) is 4.79 Å². The smallest absolute Gasteiger partial charge is 0.339 e. The fourth-order valence-electron chi connectivity index (χ4n) is 2.76. The normalized spacial score (nSPS) is 12.3. The molecule has 1 aromatic carbocycles. The number of carboxylic acids is 1. The summed E-state index contributed by atoms with van der Waals surface area (Å²) in [6.07, 6.45) is 10.5. The molecule has 0 aliphatic carbocycles. The first kappa shape index (κ1) is 18.5. The molecule has 0 saturated carbocycles. The summed E-state index contributed by atoms with van der Waals surface area (Å²) in [5.74, 6) is -0.326. The molecule has 0 bridgehead atoms. The second-order valence-electron chi connectivity index (χ2n) is 6.29. The fourth-order valence-corrected chi connectivity index (χ4v) is 2.76. The Hall–Kier alpha value is -1.51. The van der Waals surface area contributed by atoms with Crippen LogP contribution < -0.4 is 0 Å². The first-order chi connectivity index (χ1) is 10.6. The van der Waals surface area contributed by atoms with E-state index in [1.165, 1.54) is 44.6 Å². The van der Waals surface area contributed by atoms with Crippen molar-refractivity contribution in [3.05, 3.63) is 29.3 Å². The third-order valence-corrected chi connectivity index (χ3v) is 4.43. The van der Waals surface area contributed by atoms with E-state index in [0.717, 1.165) is 30.7 Å². The topological polar surface area (TPSA) is 57.5 Å². The first-order valence-electron chi connectivity index (χ1n) is 8.60. The van der Waals surface area contributed by atoms with Gasteiger partial charge >= 0.3 is 5.97 Å².